The first-order chi connectivity index (χ1) is 9.34. The number of rotatable bonds is 3. The van der Waals surface area contributed by atoms with Gasteiger partial charge < -0.3 is 0 Å². The van der Waals surface area contributed by atoms with Crippen molar-refractivity contribution in [2.75, 3.05) is 0 Å². The van der Waals surface area contributed by atoms with Gasteiger partial charge in [0.05, 0.1) is 11.1 Å². The molecular formula is C12H9N5S2. The number of hydrogen-bond acceptors (Lipinski definition) is 5. The van der Waals surface area contributed by atoms with Gasteiger partial charge in [0.1, 0.15) is 0 Å². The molecule has 3 aromatic heterocycles. The topological polar surface area (TPSA) is 58.9 Å². The highest BCUT2D eigenvalue weighted by molar-refractivity contribution is 7.71. The zero-order valence-electron chi connectivity index (χ0n) is 9.72. The molecule has 0 spiro atoms. The van der Waals surface area contributed by atoms with Crippen LogP contribution in [-0.4, -0.2) is 26.1 Å². The molecule has 0 aliphatic rings. The van der Waals surface area contributed by atoms with Gasteiger partial charge in [0, 0.05) is 18.0 Å². The number of hydrogen-bond donors (Lipinski definition) is 1. The minimum atomic E-state index is 0.462. The zero-order valence-corrected chi connectivity index (χ0v) is 11.4. The van der Waals surface area contributed by atoms with Gasteiger partial charge in [-0.3, -0.25) is 4.98 Å². The van der Waals surface area contributed by atoms with E-state index < -0.39 is 0 Å². The van der Waals surface area contributed by atoms with Crippen LogP contribution >= 0.6 is 23.6 Å². The molecular weight excluding hydrogens is 278 g/mol. The molecule has 3 rings (SSSR count). The fourth-order valence-electron chi connectivity index (χ4n) is 1.54. The largest absolute Gasteiger partial charge is 0.264 e. The molecule has 0 aliphatic carbocycles. The third kappa shape index (κ3) is 2.51. The van der Waals surface area contributed by atoms with E-state index in [1.165, 1.54) is 0 Å². The van der Waals surface area contributed by atoms with Gasteiger partial charge in [-0.05, 0) is 29.7 Å². The first-order valence-electron chi connectivity index (χ1n) is 5.50. The van der Waals surface area contributed by atoms with Crippen molar-refractivity contribution >= 4 is 29.8 Å². The molecule has 0 aliphatic heterocycles. The lowest BCUT2D eigenvalue weighted by molar-refractivity contribution is 0.873. The van der Waals surface area contributed by atoms with E-state index in [0.717, 1.165) is 10.4 Å². The summed E-state index contributed by atoms with van der Waals surface area (Å²) in [5.41, 5.74) is 0.905. The van der Waals surface area contributed by atoms with Crippen LogP contribution in [0.3, 0.4) is 0 Å². The quantitative estimate of drug-likeness (QED) is 0.595. The summed E-state index contributed by atoms with van der Waals surface area (Å²) in [5.74, 6) is 0.708. The minimum Gasteiger partial charge on any atom is -0.264 e. The van der Waals surface area contributed by atoms with Crippen LogP contribution in [0.5, 0.6) is 0 Å². The first-order valence-corrected chi connectivity index (χ1v) is 6.79. The minimum absolute atomic E-state index is 0.462. The fourth-order valence-corrected chi connectivity index (χ4v) is 2.42. The molecule has 0 saturated carbocycles. The number of thiophene rings is 1. The Kier molecular flexibility index (Phi) is 3.30. The van der Waals surface area contributed by atoms with Crippen molar-refractivity contribution in [3.63, 3.8) is 0 Å². The molecule has 3 aromatic rings. The molecule has 0 radical (unpaired) electrons. The molecule has 0 unspecified atom stereocenters. The highest BCUT2D eigenvalue weighted by Gasteiger charge is 2.08. The summed E-state index contributed by atoms with van der Waals surface area (Å²) in [6.07, 6.45) is 5.16. The number of nitrogens with one attached hydrogen (secondary N) is 1. The molecule has 0 bridgehead atoms. The molecule has 3 heterocycles. The van der Waals surface area contributed by atoms with Crippen molar-refractivity contribution in [1.29, 1.82) is 0 Å². The Morgan fingerprint density at radius 2 is 2.32 bits per heavy atom. The van der Waals surface area contributed by atoms with Gasteiger partial charge in [-0.15, -0.1) is 11.3 Å². The molecule has 0 saturated heterocycles. The Morgan fingerprint density at radius 1 is 1.37 bits per heavy atom. The summed E-state index contributed by atoms with van der Waals surface area (Å²) in [6, 6.07) is 7.72. The first kappa shape index (κ1) is 11.9. The molecule has 5 nitrogen and oxygen atoms in total. The molecule has 1 N–H and O–H groups in total. The van der Waals surface area contributed by atoms with Gasteiger partial charge in [0.2, 0.25) is 4.77 Å². The summed E-state index contributed by atoms with van der Waals surface area (Å²) >= 11 is 6.77. The average Bonchev–Trinajstić information content (AvgIpc) is 3.07. The van der Waals surface area contributed by atoms with E-state index in [9.17, 15) is 0 Å². The Bertz CT molecular complexity index is 740. The van der Waals surface area contributed by atoms with E-state index in [-0.39, 0.29) is 0 Å². The summed E-state index contributed by atoms with van der Waals surface area (Å²) in [5, 5.41) is 13.3. The second-order valence-electron chi connectivity index (χ2n) is 3.67. The average molecular weight is 287 g/mol. The predicted molar refractivity (Wildman–Crippen MR) is 78.0 cm³/mol. The number of nitrogens with zero attached hydrogens (tertiary/aromatic N) is 4. The Labute approximate surface area is 118 Å². The smallest absolute Gasteiger partial charge is 0.216 e. The van der Waals surface area contributed by atoms with Crippen LogP contribution in [0.25, 0.3) is 10.7 Å². The van der Waals surface area contributed by atoms with Crippen molar-refractivity contribution in [2.45, 2.75) is 0 Å². The Balaban J connectivity index is 2.00. The summed E-state index contributed by atoms with van der Waals surface area (Å²) < 4.78 is 2.07. The van der Waals surface area contributed by atoms with Crippen molar-refractivity contribution < 1.29 is 0 Å². The van der Waals surface area contributed by atoms with Gasteiger partial charge in [-0.25, -0.2) is 5.10 Å². The Hall–Kier alpha value is -2.12. The van der Waals surface area contributed by atoms with E-state index in [1.54, 1.807) is 34.6 Å². The van der Waals surface area contributed by atoms with Gasteiger partial charge in [0.15, 0.2) is 5.82 Å². The van der Waals surface area contributed by atoms with E-state index in [1.807, 2.05) is 29.6 Å². The lowest BCUT2D eigenvalue weighted by atomic mass is 10.3. The number of H-pyrrole nitrogens is 1. The van der Waals surface area contributed by atoms with Crippen LogP contribution in [0.15, 0.2) is 47.1 Å². The normalized spacial score (nSPS) is 11.2. The van der Waals surface area contributed by atoms with Crippen LogP contribution < -0.4 is 0 Å². The van der Waals surface area contributed by atoms with Gasteiger partial charge in [-0.2, -0.15) is 14.9 Å². The van der Waals surface area contributed by atoms with Gasteiger partial charge in [-0.1, -0.05) is 12.1 Å². The lowest BCUT2D eigenvalue weighted by Crippen LogP contribution is -1.93. The maximum Gasteiger partial charge on any atom is 0.216 e. The standard InChI is InChI=1S/C12H9N5S2/c18-12-16-15-11(10-4-2-6-19-10)17(12)14-8-9-3-1-5-13-7-9/h1-8H,(H,16,18)/b14-8+. The molecule has 0 atom stereocenters. The fraction of sp³-hybridized carbons (Fsp3) is 0. The predicted octanol–water partition coefficient (Wildman–Crippen LogP) is 2.95. The van der Waals surface area contributed by atoms with Crippen LogP contribution in [0.2, 0.25) is 0 Å². The SMILES string of the molecule is S=c1[nH]nc(-c2cccs2)n1/N=C/c1cccnc1. The van der Waals surface area contributed by atoms with E-state index in [0.29, 0.717) is 10.6 Å². The Morgan fingerprint density at radius 3 is 3.05 bits per heavy atom. The van der Waals surface area contributed by atoms with Crippen LogP contribution in [0, 0.1) is 4.77 Å². The van der Waals surface area contributed by atoms with Crippen LogP contribution in [-0.2, 0) is 0 Å². The number of pyridine rings is 1. The third-order valence-electron chi connectivity index (χ3n) is 2.40. The van der Waals surface area contributed by atoms with E-state index in [4.69, 9.17) is 12.2 Å². The van der Waals surface area contributed by atoms with Crippen LogP contribution in [0.4, 0.5) is 0 Å². The monoisotopic (exact) mass is 287 g/mol. The van der Waals surface area contributed by atoms with Crippen LogP contribution in [0.1, 0.15) is 5.56 Å². The van der Waals surface area contributed by atoms with E-state index >= 15 is 0 Å². The molecule has 0 fully saturated rings. The highest BCUT2D eigenvalue weighted by atomic mass is 32.1. The molecule has 19 heavy (non-hydrogen) atoms. The summed E-state index contributed by atoms with van der Waals surface area (Å²) in [6.45, 7) is 0. The van der Waals surface area contributed by atoms with E-state index in [2.05, 4.69) is 20.3 Å². The van der Waals surface area contributed by atoms with Gasteiger partial charge in [0.25, 0.3) is 0 Å². The van der Waals surface area contributed by atoms with Gasteiger partial charge >= 0.3 is 0 Å². The maximum absolute atomic E-state index is 5.18. The van der Waals surface area contributed by atoms with Crippen molar-refractivity contribution in [1.82, 2.24) is 19.9 Å². The summed E-state index contributed by atoms with van der Waals surface area (Å²) in [4.78, 5) is 5.04. The second kappa shape index (κ2) is 5.25. The molecule has 0 aromatic carbocycles. The lowest BCUT2D eigenvalue weighted by Gasteiger charge is -1.97. The highest BCUT2D eigenvalue weighted by Crippen LogP contribution is 2.22. The maximum atomic E-state index is 5.18. The number of aromatic amines is 1. The molecule has 0 amide bonds. The second-order valence-corrected chi connectivity index (χ2v) is 5.01. The molecule has 94 valence electrons. The van der Waals surface area contributed by atoms with Crippen molar-refractivity contribution in [3.8, 4) is 10.7 Å². The third-order valence-corrected chi connectivity index (χ3v) is 3.53. The summed E-state index contributed by atoms with van der Waals surface area (Å²) in [7, 11) is 0. The van der Waals surface area contributed by atoms with Crippen molar-refractivity contribution in [2.24, 2.45) is 5.10 Å². The molecule has 7 heteroatoms. The number of aromatic nitrogens is 4. The van der Waals surface area contributed by atoms with Crippen molar-refractivity contribution in [3.05, 3.63) is 52.4 Å². The zero-order chi connectivity index (χ0) is 13.1.